The van der Waals surface area contributed by atoms with Crippen molar-refractivity contribution in [2.75, 3.05) is 7.11 Å². The van der Waals surface area contributed by atoms with Gasteiger partial charge in [-0.25, -0.2) is 18.3 Å². The standard InChI is InChI=1S/C14H10BrF2N5O4/c1-25-11-6(15)4-8(26-14(11)24)13(23)19-9-5-10(21-20-9)22-7(12(16)17)2-3-18-22/h2-4,12H,5H2,1H3,(H,19,20,23). The minimum atomic E-state index is -2.73. The number of amides is 1. The summed E-state index contributed by atoms with van der Waals surface area (Å²) < 4.78 is 36.7. The lowest BCUT2D eigenvalue weighted by Gasteiger charge is -2.07. The smallest absolute Gasteiger partial charge is 0.380 e. The Morgan fingerprint density at radius 2 is 2.23 bits per heavy atom. The summed E-state index contributed by atoms with van der Waals surface area (Å²) >= 11 is 3.10. The Balaban J connectivity index is 1.71. The molecule has 1 amide bonds. The molecule has 26 heavy (non-hydrogen) atoms. The normalized spacial score (nSPS) is 13.6. The lowest BCUT2D eigenvalue weighted by Crippen LogP contribution is -2.32. The first-order valence-electron chi connectivity index (χ1n) is 7.05. The lowest BCUT2D eigenvalue weighted by molar-refractivity contribution is 0.0944. The van der Waals surface area contributed by atoms with Crippen molar-refractivity contribution in [2.45, 2.75) is 12.8 Å². The molecule has 0 aliphatic carbocycles. The van der Waals surface area contributed by atoms with E-state index in [1.165, 1.54) is 19.4 Å². The van der Waals surface area contributed by atoms with Crippen molar-refractivity contribution in [3.05, 3.63) is 44.7 Å². The van der Waals surface area contributed by atoms with E-state index in [4.69, 9.17) is 9.15 Å². The molecule has 2 aromatic heterocycles. The van der Waals surface area contributed by atoms with Crippen molar-refractivity contribution in [1.82, 2.24) is 15.1 Å². The Morgan fingerprint density at radius 1 is 1.46 bits per heavy atom. The highest BCUT2D eigenvalue weighted by atomic mass is 79.9. The predicted molar refractivity (Wildman–Crippen MR) is 88.8 cm³/mol. The van der Waals surface area contributed by atoms with E-state index >= 15 is 0 Å². The maximum Gasteiger partial charge on any atom is 0.380 e. The van der Waals surface area contributed by atoms with Gasteiger partial charge in [0.05, 0.1) is 18.0 Å². The number of rotatable bonds is 3. The fourth-order valence-corrected chi connectivity index (χ4v) is 2.69. The zero-order valence-corrected chi connectivity index (χ0v) is 14.7. The van der Waals surface area contributed by atoms with Crippen LogP contribution in [0.25, 0.3) is 0 Å². The number of ether oxygens (including phenoxy) is 1. The van der Waals surface area contributed by atoms with E-state index in [-0.39, 0.29) is 39.8 Å². The van der Waals surface area contributed by atoms with Gasteiger partial charge in [-0.3, -0.25) is 4.79 Å². The molecule has 3 heterocycles. The maximum atomic E-state index is 12.9. The van der Waals surface area contributed by atoms with Crippen LogP contribution >= 0.6 is 15.9 Å². The van der Waals surface area contributed by atoms with Crippen molar-refractivity contribution < 1.29 is 22.7 Å². The molecule has 12 heteroatoms. The Labute approximate surface area is 152 Å². The molecule has 9 nitrogen and oxygen atoms in total. The molecule has 0 spiro atoms. The molecule has 0 unspecified atom stereocenters. The van der Waals surface area contributed by atoms with E-state index in [9.17, 15) is 18.4 Å². The van der Waals surface area contributed by atoms with Gasteiger partial charge in [0.2, 0.25) is 5.75 Å². The molecule has 0 atom stereocenters. The Bertz CT molecular complexity index is 982. The minimum absolute atomic E-state index is 0.0330. The van der Waals surface area contributed by atoms with Gasteiger partial charge in [-0.2, -0.15) is 5.10 Å². The Hall–Kier alpha value is -2.89. The summed E-state index contributed by atoms with van der Waals surface area (Å²) in [6.45, 7) is 0. The van der Waals surface area contributed by atoms with Crippen molar-refractivity contribution in [3.63, 3.8) is 0 Å². The number of hydrogen-bond acceptors (Lipinski definition) is 7. The van der Waals surface area contributed by atoms with Crippen LogP contribution < -0.4 is 15.7 Å². The highest BCUT2D eigenvalue weighted by molar-refractivity contribution is 9.10. The molecule has 1 aliphatic rings. The zero-order chi connectivity index (χ0) is 18.8. The molecule has 1 N–H and O–H groups in total. The fraction of sp³-hybridized carbons (Fsp3) is 0.214. The van der Waals surface area contributed by atoms with Crippen LogP contribution in [0.2, 0.25) is 0 Å². The number of alkyl halides is 2. The highest BCUT2D eigenvalue weighted by Crippen LogP contribution is 2.22. The number of aromatic nitrogens is 2. The molecule has 0 radical (unpaired) electrons. The SMILES string of the molecule is COc1c(Br)cc(C(=O)NC2=NN=C(n3nccc3C(F)F)C2)oc1=O. The molecule has 0 aromatic carbocycles. The van der Waals surface area contributed by atoms with Crippen LogP contribution in [-0.2, 0) is 0 Å². The summed E-state index contributed by atoms with van der Waals surface area (Å²) in [5.74, 6) is -0.904. The van der Waals surface area contributed by atoms with E-state index in [2.05, 4.69) is 36.5 Å². The summed E-state index contributed by atoms with van der Waals surface area (Å²) in [6, 6.07) is 2.42. The van der Waals surface area contributed by atoms with Crippen LogP contribution in [0.5, 0.6) is 5.75 Å². The van der Waals surface area contributed by atoms with Crippen molar-refractivity contribution in [1.29, 1.82) is 0 Å². The van der Waals surface area contributed by atoms with Crippen LogP contribution in [0.15, 0.2) is 42.2 Å². The molecule has 0 saturated heterocycles. The van der Waals surface area contributed by atoms with Gasteiger partial charge in [-0.05, 0) is 22.0 Å². The second kappa shape index (κ2) is 7.15. The number of nitrogens with one attached hydrogen (secondary N) is 1. The van der Waals surface area contributed by atoms with Gasteiger partial charge in [-0.1, -0.05) is 0 Å². The topological polar surface area (TPSA) is 111 Å². The third-order valence-corrected chi connectivity index (χ3v) is 3.89. The summed E-state index contributed by atoms with van der Waals surface area (Å²) in [7, 11) is 1.28. The third kappa shape index (κ3) is 3.40. The third-order valence-electron chi connectivity index (χ3n) is 3.30. The van der Waals surface area contributed by atoms with Crippen LogP contribution in [0, 0.1) is 0 Å². The van der Waals surface area contributed by atoms with Gasteiger partial charge in [0.15, 0.2) is 11.6 Å². The summed E-state index contributed by atoms with van der Waals surface area (Å²) in [5, 5.41) is 13.7. The average Bonchev–Trinajstić information content (AvgIpc) is 3.23. The van der Waals surface area contributed by atoms with Gasteiger partial charge in [0, 0.05) is 12.3 Å². The molecule has 2 aromatic rings. The molecule has 0 fully saturated rings. The molecule has 0 saturated carbocycles. The van der Waals surface area contributed by atoms with Crippen LogP contribution in [-0.4, -0.2) is 34.5 Å². The van der Waals surface area contributed by atoms with Crippen molar-refractivity contribution in [2.24, 2.45) is 10.2 Å². The van der Waals surface area contributed by atoms with E-state index in [0.29, 0.717) is 0 Å². The van der Waals surface area contributed by atoms with Gasteiger partial charge in [-0.15, -0.1) is 10.2 Å². The number of nitrogens with zero attached hydrogens (tertiary/aromatic N) is 4. The second-order valence-electron chi connectivity index (χ2n) is 4.94. The van der Waals surface area contributed by atoms with Gasteiger partial charge in [0.25, 0.3) is 12.3 Å². The lowest BCUT2D eigenvalue weighted by atomic mass is 10.3. The monoisotopic (exact) mass is 429 g/mol. The first kappa shape index (κ1) is 17.9. The molecule has 1 aliphatic heterocycles. The molecule has 136 valence electrons. The van der Waals surface area contributed by atoms with Crippen LogP contribution in [0.4, 0.5) is 8.78 Å². The van der Waals surface area contributed by atoms with Gasteiger partial charge in [0.1, 0.15) is 11.5 Å². The number of carbonyl (C=O) groups is 1. The van der Waals surface area contributed by atoms with Gasteiger partial charge >= 0.3 is 5.63 Å². The minimum Gasteiger partial charge on any atom is -0.489 e. The zero-order valence-electron chi connectivity index (χ0n) is 13.1. The largest absolute Gasteiger partial charge is 0.489 e. The van der Waals surface area contributed by atoms with E-state index in [1.807, 2.05) is 0 Å². The van der Waals surface area contributed by atoms with Gasteiger partial charge < -0.3 is 14.5 Å². The maximum absolute atomic E-state index is 12.9. The molecule has 0 bridgehead atoms. The van der Waals surface area contributed by atoms with Crippen LogP contribution in [0.1, 0.15) is 29.1 Å². The molecular formula is C14H10BrF2N5O4. The second-order valence-corrected chi connectivity index (χ2v) is 5.80. The predicted octanol–water partition coefficient (Wildman–Crippen LogP) is 1.94. The first-order chi connectivity index (χ1) is 12.4. The highest BCUT2D eigenvalue weighted by Gasteiger charge is 2.24. The first-order valence-corrected chi connectivity index (χ1v) is 7.85. The summed E-state index contributed by atoms with van der Waals surface area (Å²) in [6.07, 6.45) is -1.55. The number of amidine groups is 1. The molecular weight excluding hydrogens is 420 g/mol. The van der Waals surface area contributed by atoms with Crippen molar-refractivity contribution >= 4 is 33.5 Å². The van der Waals surface area contributed by atoms with E-state index < -0.39 is 18.0 Å². The average molecular weight is 430 g/mol. The van der Waals surface area contributed by atoms with Crippen molar-refractivity contribution in [3.8, 4) is 5.75 Å². The van der Waals surface area contributed by atoms with Crippen LogP contribution in [0.3, 0.4) is 0 Å². The van der Waals surface area contributed by atoms with E-state index in [0.717, 1.165) is 10.7 Å². The molecule has 3 rings (SSSR count). The number of carbonyl (C=O) groups excluding carboxylic acids is 1. The quantitative estimate of drug-likeness (QED) is 0.800. The summed E-state index contributed by atoms with van der Waals surface area (Å²) in [5.41, 5.74) is -1.17. The number of methoxy groups -OCH3 is 1. The Kier molecular flexibility index (Phi) is 4.93. The number of hydrogen-bond donors (Lipinski definition) is 1. The number of halogens is 3. The summed E-state index contributed by atoms with van der Waals surface area (Å²) in [4.78, 5) is 23.9. The Morgan fingerprint density at radius 3 is 2.88 bits per heavy atom. The fourth-order valence-electron chi connectivity index (χ4n) is 2.16. The van der Waals surface area contributed by atoms with E-state index in [1.54, 1.807) is 0 Å².